The van der Waals surface area contributed by atoms with Gasteiger partial charge in [-0.15, -0.1) is 11.3 Å². The van der Waals surface area contributed by atoms with Crippen LogP contribution in [-0.4, -0.2) is 16.1 Å². The van der Waals surface area contributed by atoms with Gasteiger partial charge in [0.1, 0.15) is 0 Å². The molecule has 0 spiro atoms. The van der Waals surface area contributed by atoms with E-state index in [4.69, 9.17) is 34.8 Å². The molecule has 1 N–H and O–H groups in total. The Bertz CT molecular complexity index is 876. The summed E-state index contributed by atoms with van der Waals surface area (Å²) in [6.07, 6.45) is 0. The minimum Gasteiger partial charge on any atom is -0.478 e. The van der Waals surface area contributed by atoms with Gasteiger partial charge in [-0.1, -0.05) is 34.8 Å². The van der Waals surface area contributed by atoms with Gasteiger partial charge in [0, 0.05) is 10.4 Å². The predicted molar refractivity (Wildman–Crippen MR) is 87.0 cm³/mol. The monoisotopic (exact) mass is 357 g/mol. The Morgan fingerprint density at radius 2 is 1.90 bits per heavy atom. The molecule has 3 aromatic rings. The van der Waals surface area contributed by atoms with Crippen LogP contribution >= 0.6 is 46.1 Å². The van der Waals surface area contributed by atoms with Gasteiger partial charge in [-0.05, 0) is 30.3 Å². The van der Waals surface area contributed by atoms with Crippen LogP contribution in [0.15, 0.2) is 30.3 Å². The average molecular weight is 359 g/mol. The molecule has 0 saturated heterocycles. The summed E-state index contributed by atoms with van der Waals surface area (Å²) < 4.78 is 0.603. The van der Waals surface area contributed by atoms with E-state index in [0.717, 1.165) is 4.88 Å². The van der Waals surface area contributed by atoms with Gasteiger partial charge in [-0.3, -0.25) is 0 Å². The molecule has 0 fully saturated rings. The molecule has 0 bridgehead atoms. The molecular weight excluding hydrogens is 353 g/mol. The number of halogens is 3. The first-order chi connectivity index (χ1) is 9.95. The molecular formula is C14H6Cl3NO2S. The van der Waals surface area contributed by atoms with Crippen molar-refractivity contribution in [2.45, 2.75) is 0 Å². The lowest BCUT2D eigenvalue weighted by molar-refractivity contribution is 0.0699. The summed E-state index contributed by atoms with van der Waals surface area (Å²) in [5.74, 6) is -1.07. The van der Waals surface area contributed by atoms with Crippen LogP contribution in [0.1, 0.15) is 10.4 Å². The number of pyridine rings is 1. The summed E-state index contributed by atoms with van der Waals surface area (Å²) in [6.45, 7) is 0. The number of carboxylic acid groups (broad SMARTS) is 1. The van der Waals surface area contributed by atoms with E-state index in [9.17, 15) is 9.90 Å². The smallest absolute Gasteiger partial charge is 0.336 e. The number of fused-ring (bicyclic) bond motifs is 1. The highest BCUT2D eigenvalue weighted by molar-refractivity contribution is 7.19. The molecule has 2 aromatic heterocycles. The predicted octanol–water partition coefficient (Wildman–Crippen LogP) is 5.62. The van der Waals surface area contributed by atoms with Crippen LogP contribution in [0.2, 0.25) is 14.4 Å². The van der Waals surface area contributed by atoms with Crippen molar-refractivity contribution in [3.63, 3.8) is 0 Å². The molecule has 0 amide bonds. The third kappa shape index (κ3) is 2.72. The van der Waals surface area contributed by atoms with E-state index in [1.165, 1.54) is 23.5 Å². The average Bonchev–Trinajstić information content (AvgIpc) is 2.84. The van der Waals surface area contributed by atoms with Gasteiger partial charge in [-0.2, -0.15) is 0 Å². The zero-order chi connectivity index (χ0) is 15.1. The number of aromatic nitrogens is 1. The lowest BCUT2D eigenvalue weighted by atomic mass is 10.1. The van der Waals surface area contributed by atoms with Gasteiger partial charge in [0.05, 0.1) is 31.0 Å². The van der Waals surface area contributed by atoms with E-state index < -0.39 is 5.97 Å². The molecule has 2 heterocycles. The van der Waals surface area contributed by atoms with E-state index >= 15 is 0 Å². The molecule has 0 aliphatic heterocycles. The summed E-state index contributed by atoms with van der Waals surface area (Å²) in [5, 5.41) is 10.5. The zero-order valence-electron chi connectivity index (χ0n) is 10.2. The van der Waals surface area contributed by atoms with E-state index in [1.54, 1.807) is 18.2 Å². The molecule has 0 radical (unpaired) electrons. The van der Waals surface area contributed by atoms with Gasteiger partial charge in [0.2, 0.25) is 0 Å². The van der Waals surface area contributed by atoms with Crippen molar-refractivity contribution < 1.29 is 9.90 Å². The highest BCUT2D eigenvalue weighted by atomic mass is 35.5. The summed E-state index contributed by atoms with van der Waals surface area (Å²) >= 11 is 19.3. The van der Waals surface area contributed by atoms with Crippen LogP contribution in [0.3, 0.4) is 0 Å². The molecule has 0 atom stereocenters. The van der Waals surface area contributed by atoms with Crippen LogP contribution in [-0.2, 0) is 0 Å². The Kier molecular flexibility index (Phi) is 3.80. The Morgan fingerprint density at radius 3 is 2.52 bits per heavy atom. The van der Waals surface area contributed by atoms with Crippen LogP contribution in [0, 0.1) is 0 Å². The fraction of sp³-hybridized carbons (Fsp3) is 0. The van der Waals surface area contributed by atoms with Crippen LogP contribution in [0.4, 0.5) is 0 Å². The summed E-state index contributed by atoms with van der Waals surface area (Å²) in [4.78, 5) is 16.7. The molecule has 0 aliphatic rings. The maximum absolute atomic E-state index is 11.5. The highest BCUT2D eigenvalue weighted by Gasteiger charge is 2.16. The summed E-state index contributed by atoms with van der Waals surface area (Å²) in [7, 11) is 0. The van der Waals surface area contributed by atoms with E-state index in [1.807, 2.05) is 0 Å². The fourth-order valence-corrected chi connectivity index (χ4v) is 3.55. The van der Waals surface area contributed by atoms with Crippen molar-refractivity contribution in [3.8, 4) is 10.6 Å². The molecule has 21 heavy (non-hydrogen) atoms. The first-order valence-electron chi connectivity index (χ1n) is 5.74. The summed E-state index contributed by atoms with van der Waals surface area (Å²) in [6, 6.07) is 8.10. The second-order valence-corrected chi connectivity index (χ2v) is 6.81. The number of nitrogens with zero attached hydrogens (tertiary/aromatic N) is 1. The van der Waals surface area contributed by atoms with E-state index in [-0.39, 0.29) is 5.56 Å². The molecule has 1 aromatic carbocycles. The topological polar surface area (TPSA) is 50.2 Å². The van der Waals surface area contributed by atoms with Gasteiger partial charge < -0.3 is 5.11 Å². The number of hydrogen-bond donors (Lipinski definition) is 1. The fourth-order valence-electron chi connectivity index (χ4n) is 2.01. The van der Waals surface area contributed by atoms with Crippen LogP contribution < -0.4 is 0 Å². The minimum atomic E-state index is -1.07. The maximum atomic E-state index is 11.5. The third-order valence-electron chi connectivity index (χ3n) is 2.89. The SMILES string of the molecule is O=C(O)c1cc(-c2ccc(Cl)s2)nc2c(Cl)cc(Cl)cc12. The molecule has 3 nitrogen and oxygen atoms in total. The number of thiophene rings is 1. The third-order valence-corrected chi connectivity index (χ3v) is 4.65. The van der Waals surface area contributed by atoms with Crippen LogP contribution in [0.5, 0.6) is 0 Å². The molecule has 106 valence electrons. The number of carboxylic acids is 1. The van der Waals surface area contributed by atoms with Gasteiger partial charge in [-0.25, -0.2) is 9.78 Å². The minimum absolute atomic E-state index is 0.101. The van der Waals surface area contributed by atoms with Gasteiger partial charge >= 0.3 is 5.97 Å². The molecule has 3 rings (SSSR count). The normalized spacial score (nSPS) is 11.0. The van der Waals surface area contributed by atoms with E-state index in [0.29, 0.717) is 31.0 Å². The number of benzene rings is 1. The molecule has 0 saturated carbocycles. The van der Waals surface area contributed by atoms with Crippen molar-refractivity contribution in [1.29, 1.82) is 0 Å². The van der Waals surface area contributed by atoms with Crippen molar-refractivity contribution >= 4 is 63.0 Å². The zero-order valence-corrected chi connectivity index (χ0v) is 13.3. The summed E-state index contributed by atoms with van der Waals surface area (Å²) in [5.41, 5.74) is 1.02. The lowest BCUT2D eigenvalue weighted by Crippen LogP contribution is -2.00. The highest BCUT2D eigenvalue weighted by Crippen LogP contribution is 2.35. The van der Waals surface area contributed by atoms with Crippen molar-refractivity contribution in [2.75, 3.05) is 0 Å². The Balaban J connectivity index is 2.37. The first-order valence-corrected chi connectivity index (χ1v) is 7.69. The second kappa shape index (κ2) is 5.46. The quantitative estimate of drug-likeness (QED) is 0.646. The largest absolute Gasteiger partial charge is 0.478 e. The molecule has 7 heteroatoms. The van der Waals surface area contributed by atoms with Gasteiger partial charge in [0.15, 0.2) is 0 Å². The number of carbonyl (C=O) groups is 1. The van der Waals surface area contributed by atoms with Crippen molar-refractivity contribution in [1.82, 2.24) is 4.98 Å². The van der Waals surface area contributed by atoms with Crippen LogP contribution in [0.25, 0.3) is 21.5 Å². The van der Waals surface area contributed by atoms with Crippen molar-refractivity contribution in [3.05, 3.63) is 50.3 Å². The Morgan fingerprint density at radius 1 is 1.14 bits per heavy atom. The van der Waals surface area contributed by atoms with Gasteiger partial charge in [0.25, 0.3) is 0 Å². The maximum Gasteiger partial charge on any atom is 0.336 e. The standard InChI is InChI=1S/C14H6Cl3NO2S/c15-6-3-7-8(14(19)20)5-10(11-1-2-12(17)21-11)18-13(7)9(16)4-6/h1-5H,(H,19,20). The van der Waals surface area contributed by atoms with E-state index in [2.05, 4.69) is 4.98 Å². The number of hydrogen-bond acceptors (Lipinski definition) is 3. The Labute approximate surface area is 138 Å². The first kappa shape index (κ1) is 14.6. The lowest BCUT2D eigenvalue weighted by Gasteiger charge is -2.07. The Hall–Kier alpha value is -1.33. The number of aromatic carboxylic acids is 1. The second-order valence-electron chi connectivity index (χ2n) is 4.25. The molecule has 0 unspecified atom stereocenters. The van der Waals surface area contributed by atoms with Crippen molar-refractivity contribution in [2.24, 2.45) is 0 Å². The number of rotatable bonds is 2. The molecule has 0 aliphatic carbocycles.